The molecule has 0 bridgehead atoms. The molecule has 96 valence electrons. The van der Waals surface area contributed by atoms with Crippen LogP contribution in [0.5, 0.6) is 0 Å². The third kappa shape index (κ3) is 2.29. The molecule has 17 heavy (non-hydrogen) atoms. The standard InChI is InChI=1S/C12H19NO4/c1-2-17-11(16)12(10(14)15)5-7-13(8-6-12)9-3-4-9/h9H,2-8H2,1H3,(H,14,15). The summed E-state index contributed by atoms with van der Waals surface area (Å²) in [4.78, 5) is 25.5. The molecule has 0 radical (unpaired) electrons. The summed E-state index contributed by atoms with van der Waals surface area (Å²) in [6, 6.07) is 0.629. The summed E-state index contributed by atoms with van der Waals surface area (Å²) >= 11 is 0. The first-order valence-electron chi connectivity index (χ1n) is 6.25. The van der Waals surface area contributed by atoms with Crippen LogP contribution in [0.2, 0.25) is 0 Å². The number of ether oxygens (including phenoxy) is 1. The zero-order valence-electron chi connectivity index (χ0n) is 10.1. The van der Waals surface area contributed by atoms with Crippen LogP contribution in [0.25, 0.3) is 0 Å². The molecule has 2 aliphatic rings. The minimum atomic E-state index is -1.30. The summed E-state index contributed by atoms with van der Waals surface area (Å²) in [5.41, 5.74) is -1.30. The second-order valence-corrected chi connectivity index (χ2v) is 4.87. The summed E-state index contributed by atoms with van der Waals surface area (Å²) in [5, 5.41) is 9.31. The van der Waals surface area contributed by atoms with Crippen molar-refractivity contribution in [1.82, 2.24) is 4.90 Å². The molecule has 0 unspecified atom stereocenters. The minimum Gasteiger partial charge on any atom is -0.480 e. The van der Waals surface area contributed by atoms with E-state index in [0.717, 1.165) is 0 Å². The summed E-state index contributed by atoms with van der Waals surface area (Å²) in [7, 11) is 0. The van der Waals surface area contributed by atoms with Gasteiger partial charge < -0.3 is 14.7 Å². The smallest absolute Gasteiger partial charge is 0.323 e. The molecule has 0 aromatic carbocycles. The van der Waals surface area contributed by atoms with Crippen LogP contribution in [-0.4, -0.2) is 47.7 Å². The number of carboxylic acids is 1. The monoisotopic (exact) mass is 241 g/mol. The number of piperidine rings is 1. The van der Waals surface area contributed by atoms with E-state index in [9.17, 15) is 14.7 Å². The van der Waals surface area contributed by atoms with Crippen molar-refractivity contribution in [1.29, 1.82) is 0 Å². The van der Waals surface area contributed by atoms with Crippen molar-refractivity contribution >= 4 is 11.9 Å². The summed E-state index contributed by atoms with van der Waals surface area (Å²) < 4.78 is 4.92. The van der Waals surface area contributed by atoms with Gasteiger partial charge in [0.1, 0.15) is 0 Å². The number of rotatable bonds is 4. The number of nitrogens with zero attached hydrogens (tertiary/aromatic N) is 1. The van der Waals surface area contributed by atoms with Crippen LogP contribution in [-0.2, 0) is 14.3 Å². The lowest BCUT2D eigenvalue weighted by atomic mass is 9.78. The molecule has 0 atom stereocenters. The van der Waals surface area contributed by atoms with Crippen LogP contribution < -0.4 is 0 Å². The fourth-order valence-corrected chi connectivity index (χ4v) is 2.49. The highest BCUT2D eigenvalue weighted by Crippen LogP contribution is 2.37. The Hall–Kier alpha value is -1.10. The van der Waals surface area contributed by atoms with Crippen molar-refractivity contribution in [2.75, 3.05) is 19.7 Å². The van der Waals surface area contributed by atoms with E-state index in [-0.39, 0.29) is 6.61 Å². The molecule has 0 amide bonds. The van der Waals surface area contributed by atoms with Crippen molar-refractivity contribution in [3.8, 4) is 0 Å². The van der Waals surface area contributed by atoms with Gasteiger partial charge in [-0.25, -0.2) is 0 Å². The van der Waals surface area contributed by atoms with E-state index in [2.05, 4.69) is 4.90 Å². The molecule has 0 aromatic heterocycles. The first-order valence-corrected chi connectivity index (χ1v) is 6.25. The van der Waals surface area contributed by atoms with Crippen molar-refractivity contribution in [3.05, 3.63) is 0 Å². The molecule has 5 heteroatoms. The lowest BCUT2D eigenvalue weighted by molar-refractivity contribution is -0.172. The van der Waals surface area contributed by atoms with Gasteiger partial charge in [0, 0.05) is 19.1 Å². The molecule has 2 fully saturated rings. The predicted octanol–water partition coefficient (Wildman–Crippen LogP) is 0.879. The molecule has 1 saturated heterocycles. The zero-order chi connectivity index (χ0) is 12.5. The van der Waals surface area contributed by atoms with Gasteiger partial charge in [-0.3, -0.25) is 9.59 Å². The molecule has 1 N–H and O–H groups in total. The topological polar surface area (TPSA) is 66.8 Å². The molecule has 5 nitrogen and oxygen atoms in total. The number of carbonyl (C=O) groups is 2. The summed E-state index contributed by atoms with van der Waals surface area (Å²) in [5.74, 6) is -1.60. The number of likely N-dealkylation sites (tertiary alicyclic amines) is 1. The van der Waals surface area contributed by atoms with Crippen LogP contribution in [0.15, 0.2) is 0 Å². The SMILES string of the molecule is CCOC(=O)C1(C(=O)O)CCN(C2CC2)CC1. The van der Waals surface area contributed by atoms with Gasteiger partial charge in [-0.05, 0) is 32.6 Å². The van der Waals surface area contributed by atoms with Crippen molar-refractivity contribution < 1.29 is 19.4 Å². The van der Waals surface area contributed by atoms with Crippen LogP contribution in [0.1, 0.15) is 32.6 Å². The van der Waals surface area contributed by atoms with E-state index >= 15 is 0 Å². The number of hydrogen-bond acceptors (Lipinski definition) is 4. The van der Waals surface area contributed by atoms with Gasteiger partial charge >= 0.3 is 11.9 Å². The maximum absolute atomic E-state index is 11.8. The number of aliphatic carboxylic acids is 1. The average Bonchev–Trinajstić information content (AvgIpc) is 3.13. The Morgan fingerprint density at radius 2 is 1.94 bits per heavy atom. The van der Waals surface area contributed by atoms with Gasteiger partial charge in [0.15, 0.2) is 5.41 Å². The Kier molecular flexibility index (Phi) is 3.38. The normalized spacial score (nSPS) is 24.3. The third-order valence-corrected chi connectivity index (χ3v) is 3.79. The lowest BCUT2D eigenvalue weighted by Crippen LogP contribution is -2.50. The van der Waals surface area contributed by atoms with Crippen molar-refractivity contribution in [3.63, 3.8) is 0 Å². The quantitative estimate of drug-likeness (QED) is 0.584. The van der Waals surface area contributed by atoms with E-state index in [1.807, 2.05) is 0 Å². The maximum Gasteiger partial charge on any atom is 0.323 e. The molecule has 0 spiro atoms. The van der Waals surface area contributed by atoms with Crippen LogP contribution in [0.3, 0.4) is 0 Å². The van der Waals surface area contributed by atoms with E-state index in [1.165, 1.54) is 12.8 Å². The molecular formula is C12H19NO4. The molecule has 1 aliphatic heterocycles. The highest BCUT2D eigenvalue weighted by atomic mass is 16.5. The van der Waals surface area contributed by atoms with Gasteiger partial charge in [-0.15, -0.1) is 0 Å². The molecular weight excluding hydrogens is 222 g/mol. The summed E-state index contributed by atoms with van der Waals surface area (Å²) in [6.07, 6.45) is 3.16. The van der Waals surface area contributed by atoms with E-state index in [1.54, 1.807) is 6.92 Å². The molecule has 1 saturated carbocycles. The molecule has 1 heterocycles. The number of esters is 1. The van der Waals surface area contributed by atoms with Crippen LogP contribution >= 0.6 is 0 Å². The number of carboxylic acid groups (broad SMARTS) is 1. The minimum absolute atomic E-state index is 0.236. The second kappa shape index (κ2) is 4.64. The van der Waals surface area contributed by atoms with Crippen molar-refractivity contribution in [2.45, 2.75) is 38.6 Å². The molecule has 2 rings (SSSR count). The highest BCUT2D eigenvalue weighted by Gasteiger charge is 2.50. The Labute approximate surface area is 101 Å². The Bertz CT molecular complexity index is 316. The Balaban J connectivity index is 2.03. The highest BCUT2D eigenvalue weighted by molar-refractivity contribution is 5.99. The van der Waals surface area contributed by atoms with E-state index in [4.69, 9.17) is 4.74 Å². The fraction of sp³-hybridized carbons (Fsp3) is 0.833. The first-order chi connectivity index (χ1) is 8.10. The van der Waals surface area contributed by atoms with Gasteiger partial charge in [-0.2, -0.15) is 0 Å². The third-order valence-electron chi connectivity index (χ3n) is 3.79. The van der Waals surface area contributed by atoms with Crippen LogP contribution in [0, 0.1) is 5.41 Å². The number of hydrogen-bond donors (Lipinski definition) is 1. The van der Waals surface area contributed by atoms with Gasteiger partial charge in [0.25, 0.3) is 0 Å². The second-order valence-electron chi connectivity index (χ2n) is 4.87. The van der Waals surface area contributed by atoms with Crippen LogP contribution in [0.4, 0.5) is 0 Å². The zero-order valence-corrected chi connectivity index (χ0v) is 10.1. The number of carbonyl (C=O) groups excluding carboxylic acids is 1. The van der Waals surface area contributed by atoms with E-state index in [0.29, 0.717) is 32.0 Å². The van der Waals surface area contributed by atoms with Gasteiger partial charge in [0.2, 0.25) is 0 Å². The summed E-state index contributed by atoms with van der Waals surface area (Å²) in [6.45, 7) is 3.32. The largest absolute Gasteiger partial charge is 0.480 e. The van der Waals surface area contributed by atoms with E-state index < -0.39 is 17.4 Å². The maximum atomic E-state index is 11.8. The van der Waals surface area contributed by atoms with Crippen molar-refractivity contribution in [2.24, 2.45) is 5.41 Å². The van der Waals surface area contributed by atoms with Gasteiger partial charge in [-0.1, -0.05) is 0 Å². The Morgan fingerprint density at radius 1 is 1.35 bits per heavy atom. The molecule has 0 aromatic rings. The average molecular weight is 241 g/mol. The fourth-order valence-electron chi connectivity index (χ4n) is 2.49. The predicted molar refractivity (Wildman–Crippen MR) is 60.5 cm³/mol. The first kappa shape index (κ1) is 12.4. The molecule has 1 aliphatic carbocycles. The Morgan fingerprint density at radius 3 is 2.35 bits per heavy atom. The van der Waals surface area contributed by atoms with Gasteiger partial charge in [0.05, 0.1) is 6.61 Å². The lowest BCUT2D eigenvalue weighted by Gasteiger charge is -2.37.